The molecule has 0 radical (unpaired) electrons. The fourth-order valence-corrected chi connectivity index (χ4v) is 1.53. The van der Waals surface area contributed by atoms with E-state index in [1.54, 1.807) is 11.3 Å². The Balaban J connectivity index is 1.96. The number of hydrogen-bond donors (Lipinski definition) is 1. The van der Waals surface area contributed by atoms with Crippen LogP contribution in [0.3, 0.4) is 0 Å². The van der Waals surface area contributed by atoms with Crippen molar-refractivity contribution >= 4 is 11.3 Å². The molecule has 68 valence electrons. The molecule has 0 bridgehead atoms. The first-order valence-corrected chi connectivity index (χ1v) is 5.12. The zero-order chi connectivity index (χ0) is 8.65. The van der Waals surface area contributed by atoms with Crippen LogP contribution < -0.4 is 5.32 Å². The number of ether oxygens (including phenoxy) is 1. The molecule has 0 unspecified atom stereocenters. The van der Waals surface area contributed by atoms with E-state index in [9.17, 15) is 0 Å². The van der Waals surface area contributed by atoms with Crippen LogP contribution in [-0.2, 0) is 11.3 Å². The summed E-state index contributed by atoms with van der Waals surface area (Å²) in [6, 6.07) is 4.14. The van der Waals surface area contributed by atoms with Crippen molar-refractivity contribution in [3.05, 3.63) is 22.4 Å². The average molecular weight is 185 g/mol. The Morgan fingerprint density at radius 1 is 1.58 bits per heavy atom. The quantitative estimate of drug-likeness (QED) is 0.683. The van der Waals surface area contributed by atoms with Crippen molar-refractivity contribution < 1.29 is 4.74 Å². The van der Waals surface area contributed by atoms with Gasteiger partial charge < -0.3 is 10.1 Å². The molecule has 1 heterocycles. The van der Waals surface area contributed by atoms with Gasteiger partial charge in [0, 0.05) is 11.4 Å². The zero-order valence-corrected chi connectivity index (χ0v) is 8.19. The van der Waals surface area contributed by atoms with Gasteiger partial charge in [-0.15, -0.1) is 11.3 Å². The van der Waals surface area contributed by atoms with E-state index in [-0.39, 0.29) is 0 Å². The number of hydrogen-bond acceptors (Lipinski definition) is 3. The van der Waals surface area contributed by atoms with Gasteiger partial charge in [-0.25, -0.2) is 0 Å². The lowest BCUT2D eigenvalue weighted by molar-refractivity contribution is 0.125. The normalized spacial score (nSPS) is 10.4. The predicted molar refractivity (Wildman–Crippen MR) is 52.5 cm³/mol. The van der Waals surface area contributed by atoms with Gasteiger partial charge in [-0.3, -0.25) is 0 Å². The molecule has 0 aliphatic carbocycles. The molecule has 3 heteroatoms. The Labute approximate surface area is 77.6 Å². The summed E-state index contributed by atoms with van der Waals surface area (Å²) >= 11 is 1.74. The summed E-state index contributed by atoms with van der Waals surface area (Å²) in [5, 5.41) is 5.28. The second kappa shape index (κ2) is 6.17. The molecular formula is C9H15NOS. The molecule has 0 saturated carbocycles. The minimum atomic E-state index is 0.753. The van der Waals surface area contributed by atoms with Crippen LogP contribution in [0.15, 0.2) is 17.5 Å². The molecule has 12 heavy (non-hydrogen) atoms. The Hall–Kier alpha value is -0.380. The van der Waals surface area contributed by atoms with Gasteiger partial charge in [-0.1, -0.05) is 13.0 Å². The molecule has 2 nitrogen and oxygen atoms in total. The Morgan fingerprint density at radius 3 is 3.17 bits per heavy atom. The molecule has 1 N–H and O–H groups in total. The van der Waals surface area contributed by atoms with Crippen LogP contribution in [0.25, 0.3) is 0 Å². The van der Waals surface area contributed by atoms with Gasteiger partial charge in [0.2, 0.25) is 0 Å². The molecule has 1 aromatic heterocycles. The van der Waals surface area contributed by atoms with Crippen LogP contribution in [0.5, 0.6) is 0 Å². The third kappa shape index (κ3) is 3.85. The maximum Gasteiger partial charge on any atom is 0.0809 e. The van der Waals surface area contributed by atoms with Crippen LogP contribution in [0, 0.1) is 0 Å². The zero-order valence-electron chi connectivity index (χ0n) is 7.38. The largest absolute Gasteiger partial charge is 0.375 e. The predicted octanol–water partition coefficient (Wildman–Crippen LogP) is 1.87. The summed E-state index contributed by atoms with van der Waals surface area (Å²) in [5.41, 5.74) is 0. The SMILES string of the molecule is CCNCCOCc1cccs1. The fraction of sp³-hybridized carbons (Fsp3) is 0.556. The number of thiophene rings is 1. The molecule has 0 aliphatic heterocycles. The summed E-state index contributed by atoms with van der Waals surface area (Å²) in [5.74, 6) is 0. The van der Waals surface area contributed by atoms with Gasteiger partial charge in [-0.05, 0) is 18.0 Å². The summed E-state index contributed by atoms with van der Waals surface area (Å²) in [7, 11) is 0. The Kier molecular flexibility index (Phi) is 4.99. The molecule has 0 aliphatic rings. The molecular weight excluding hydrogens is 170 g/mol. The lowest BCUT2D eigenvalue weighted by Gasteiger charge is -2.02. The van der Waals surface area contributed by atoms with Gasteiger partial charge in [0.05, 0.1) is 13.2 Å². The lowest BCUT2D eigenvalue weighted by atomic mass is 10.5. The number of likely N-dealkylation sites (N-methyl/N-ethyl adjacent to an activating group) is 1. The highest BCUT2D eigenvalue weighted by molar-refractivity contribution is 7.09. The van der Waals surface area contributed by atoms with E-state index < -0.39 is 0 Å². The van der Waals surface area contributed by atoms with Gasteiger partial charge in [0.25, 0.3) is 0 Å². The molecule has 1 rings (SSSR count). The van der Waals surface area contributed by atoms with Crippen molar-refractivity contribution in [2.24, 2.45) is 0 Å². The van der Waals surface area contributed by atoms with Crippen molar-refractivity contribution in [1.29, 1.82) is 0 Å². The molecule has 0 spiro atoms. The van der Waals surface area contributed by atoms with E-state index in [4.69, 9.17) is 4.74 Å². The van der Waals surface area contributed by atoms with Crippen LogP contribution in [0.4, 0.5) is 0 Å². The first kappa shape index (κ1) is 9.71. The maximum atomic E-state index is 5.43. The Bertz CT molecular complexity index is 186. The molecule has 1 aromatic rings. The van der Waals surface area contributed by atoms with E-state index in [2.05, 4.69) is 23.7 Å². The van der Waals surface area contributed by atoms with E-state index in [0.29, 0.717) is 0 Å². The fourth-order valence-electron chi connectivity index (χ4n) is 0.889. The van der Waals surface area contributed by atoms with Crippen molar-refractivity contribution in [2.45, 2.75) is 13.5 Å². The van der Waals surface area contributed by atoms with Crippen molar-refractivity contribution in [3.63, 3.8) is 0 Å². The second-order valence-corrected chi connectivity index (χ2v) is 3.52. The standard InChI is InChI=1S/C9H15NOS/c1-2-10-5-6-11-8-9-4-3-7-12-9/h3-4,7,10H,2,5-6,8H2,1H3. The number of nitrogens with one attached hydrogen (secondary N) is 1. The average Bonchev–Trinajstić information content (AvgIpc) is 2.57. The lowest BCUT2D eigenvalue weighted by Crippen LogP contribution is -2.18. The minimum Gasteiger partial charge on any atom is -0.375 e. The third-order valence-electron chi connectivity index (χ3n) is 1.50. The van der Waals surface area contributed by atoms with Crippen LogP contribution in [0.2, 0.25) is 0 Å². The highest BCUT2D eigenvalue weighted by Gasteiger charge is 1.92. The van der Waals surface area contributed by atoms with Gasteiger partial charge >= 0.3 is 0 Å². The molecule has 0 saturated heterocycles. The van der Waals surface area contributed by atoms with E-state index >= 15 is 0 Å². The van der Waals surface area contributed by atoms with Gasteiger partial charge in [0.15, 0.2) is 0 Å². The molecule has 0 amide bonds. The first-order chi connectivity index (χ1) is 5.93. The minimum absolute atomic E-state index is 0.753. The van der Waals surface area contributed by atoms with Crippen molar-refractivity contribution in [2.75, 3.05) is 19.7 Å². The maximum absolute atomic E-state index is 5.43. The van der Waals surface area contributed by atoms with E-state index in [0.717, 1.165) is 26.3 Å². The first-order valence-electron chi connectivity index (χ1n) is 4.24. The summed E-state index contributed by atoms with van der Waals surface area (Å²) in [4.78, 5) is 1.30. The van der Waals surface area contributed by atoms with Crippen LogP contribution in [0.1, 0.15) is 11.8 Å². The monoisotopic (exact) mass is 185 g/mol. The third-order valence-corrected chi connectivity index (χ3v) is 2.35. The van der Waals surface area contributed by atoms with Gasteiger partial charge in [-0.2, -0.15) is 0 Å². The smallest absolute Gasteiger partial charge is 0.0809 e. The summed E-state index contributed by atoms with van der Waals surface area (Å²) < 4.78 is 5.43. The Morgan fingerprint density at radius 2 is 2.50 bits per heavy atom. The molecule has 0 atom stereocenters. The summed E-state index contributed by atoms with van der Waals surface area (Å²) in [6.07, 6.45) is 0. The van der Waals surface area contributed by atoms with Gasteiger partial charge in [0.1, 0.15) is 0 Å². The molecule has 0 aromatic carbocycles. The second-order valence-electron chi connectivity index (χ2n) is 2.49. The highest BCUT2D eigenvalue weighted by atomic mass is 32.1. The van der Waals surface area contributed by atoms with Crippen molar-refractivity contribution in [3.8, 4) is 0 Å². The molecule has 0 fully saturated rings. The summed E-state index contributed by atoms with van der Waals surface area (Å²) in [6.45, 7) is 5.61. The van der Waals surface area contributed by atoms with E-state index in [1.165, 1.54) is 4.88 Å². The van der Waals surface area contributed by atoms with E-state index in [1.807, 2.05) is 6.07 Å². The highest BCUT2D eigenvalue weighted by Crippen LogP contribution is 2.08. The van der Waals surface area contributed by atoms with Crippen molar-refractivity contribution in [1.82, 2.24) is 5.32 Å². The topological polar surface area (TPSA) is 21.3 Å². The number of rotatable bonds is 6. The van der Waals surface area contributed by atoms with Crippen LogP contribution >= 0.6 is 11.3 Å². The van der Waals surface area contributed by atoms with Crippen LogP contribution in [-0.4, -0.2) is 19.7 Å².